The van der Waals surface area contributed by atoms with Crippen molar-refractivity contribution < 1.29 is 0 Å². The number of hydrogen-bond donors (Lipinski definition) is 1. The van der Waals surface area contributed by atoms with Crippen LogP contribution >= 0.6 is 0 Å². The number of anilines is 1. The summed E-state index contributed by atoms with van der Waals surface area (Å²) in [6.45, 7) is 0.748. The molecule has 0 radical (unpaired) electrons. The first-order chi connectivity index (χ1) is 10.3. The predicted octanol–water partition coefficient (Wildman–Crippen LogP) is 3.82. The monoisotopic (exact) mass is 273 g/mol. The van der Waals surface area contributed by atoms with Gasteiger partial charge in [-0.25, -0.2) is 0 Å². The van der Waals surface area contributed by atoms with Crippen LogP contribution in [0.15, 0.2) is 66.9 Å². The van der Waals surface area contributed by atoms with Gasteiger partial charge in [0, 0.05) is 22.7 Å². The summed E-state index contributed by atoms with van der Waals surface area (Å²) < 4.78 is 2.18. The highest BCUT2D eigenvalue weighted by Crippen LogP contribution is 2.23. The van der Waals surface area contributed by atoms with E-state index in [0.717, 1.165) is 34.3 Å². The van der Waals surface area contributed by atoms with Gasteiger partial charge in [-0.05, 0) is 30.3 Å². The van der Waals surface area contributed by atoms with E-state index in [-0.39, 0.29) is 0 Å². The molecule has 0 saturated carbocycles. The highest BCUT2D eigenvalue weighted by Gasteiger charge is 2.05. The average Bonchev–Trinajstić information content (AvgIpc) is 2.92. The minimum Gasteiger partial charge on any atom is -0.398 e. The van der Waals surface area contributed by atoms with Gasteiger partial charge in [-0.3, -0.25) is 4.98 Å². The fourth-order valence-electron chi connectivity index (χ4n) is 2.76. The van der Waals surface area contributed by atoms with Gasteiger partial charge in [0.05, 0.1) is 23.3 Å². The lowest BCUT2D eigenvalue weighted by Crippen LogP contribution is -2.00. The van der Waals surface area contributed by atoms with E-state index in [9.17, 15) is 0 Å². The molecule has 0 spiro atoms. The molecule has 0 fully saturated rings. The van der Waals surface area contributed by atoms with E-state index in [1.165, 1.54) is 5.39 Å². The van der Waals surface area contributed by atoms with Crippen molar-refractivity contribution in [1.29, 1.82) is 0 Å². The van der Waals surface area contributed by atoms with Crippen molar-refractivity contribution in [3.63, 3.8) is 0 Å². The number of hydrogen-bond acceptors (Lipinski definition) is 2. The molecule has 0 aliphatic heterocycles. The van der Waals surface area contributed by atoms with Crippen LogP contribution in [0.25, 0.3) is 21.8 Å². The molecule has 2 N–H and O–H groups in total. The Bertz CT molecular complexity index is 937. The Morgan fingerprint density at radius 3 is 2.76 bits per heavy atom. The molecule has 0 saturated heterocycles. The van der Waals surface area contributed by atoms with Crippen LogP contribution in [-0.2, 0) is 6.54 Å². The Kier molecular flexibility index (Phi) is 2.64. The quantitative estimate of drug-likeness (QED) is 0.564. The van der Waals surface area contributed by atoms with E-state index in [4.69, 9.17) is 10.7 Å². The Labute approximate surface area is 122 Å². The number of fused-ring (bicyclic) bond motifs is 2. The molecule has 4 rings (SSSR count). The predicted molar refractivity (Wildman–Crippen MR) is 87.2 cm³/mol. The van der Waals surface area contributed by atoms with Gasteiger partial charge < -0.3 is 10.3 Å². The Morgan fingerprint density at radius 2 is 1.81 bits per heavy atom. The largest absolute Gasteiger partial charge is 0.398 e. The highest BCUT2D eigenvalue weighted by molar-refractivity contribution is 5.91. The molecule has 0 aliphatic carbocycles. The summed E-state index contributed by atoms with van der Waals surface area (Å²) >= 11 is 0. The molecule has 0 unspecified atom stereocenters. The molecule has 21 heavy (non-hydrogen) atoms. The smallest absolute Gasteiger partial charge is 0.0706 e. The van der Waals surface area contributed by atoms with Gasteiger partial charge in [-0.2, -0.15) is 0 Å². The molecule has 3 nitrogen and oxygen atoms in total. The van der Waals surface area contributed by atoms with E-state index in [1.807, 2.05) is 30.3 Å². The van der Waals surface area contributed by atoms with Crippen molar-refractivity contribution in [3.8, 4) is 0 Å². The van der Waals surface area contributed by atoms with E-state index in [0.29, 0.717) is 0 Å². The molecule has 102 valence electrons. The summed E-state index contributed by atoms with van der Waals surface area (Å²) in [5.41, 5.74) is 10.1. The normalized spacial score (nSPS) is 11.2. The zero-order valence-corrected chi connectivity index (χ0v) is 11.5. The van der Waals surface area contributed by atoms with E-state index in [2.05, 4.69) is 41.1 Å². The Hall–Kier alpha value is -2.81. The molecular weight excluding hydrogens is 258 g/mol. The molecule has 0 aliphatic rings. The lowest BCUT2D eigenvalue weighted by Gasteiger charge is -2.07. The third-order valence-electron chi connectivity index (χ3n) is 3.84. The van der Waals surface area contributed by atoms with Crippen LogP contribution in [0, 0.1) is 0 Å². The fourth-order valence-corrected chi connectivity index (χ4v) is 2.76. The first kappa shape index (κ1) is 12.0. The van der Waals surface area contributed by atoms with Gasteiger partial charge in [-0.1, -0.05) is 30.3 Å². The Morgan fingerprint density at radius 1 is 0.905 bits per heavy atom. The fraction of sp³-hybridized carbons (Fsp3) is 0.0556. The van der Waals surface area contributed by atoms with E-state index < -0.39 is 0 Å². The van der Waals surface area contributed by atoms with Crippen LogP contribution in [-0.4, -0.2) is 9.55 Å². The molecule has 3 heteroatoms. The number of nitrogen functional groups attached to an aromatic ring is 1. The average molecular weight is 273 g/mol. The molecule has 0 amide bonds. The van der Waals surface area contributed by atoms with Crippen molar-refractivity contribution in [1.82, 2.24) is 9.55 Å². The van der Waals surface area contributed by atoms with E-state index >= 15 is 0 Å². The van der Waals surface area contributed by atoms with Crippen LogP contribution in [0.5, 0.6) is 0 Å². The number of aromatic nitrogens is 2. The molecule has 2 aromatic heterocycles. The van der Waals surface area contributed by atoms with Crippen LogP contribution in [0.4, 0.5) is 5.69 Å². The number of pyridine rings is 1. The van der Waals surface area contributed by atoms with Crippen molar-refractivity contribution in [3.05, 3.63) is 72.6 Å². The molecule has 2 aromatic carbocycles. The van der Waals surface area contributed by atoms with Crippen molar-refractivity contribution in [2.75, 3.05) is 5.73 Å². The number of nitrogens with two attached hydrogens (primary N) is 1. The number of rotatable bonds is 2. The van der Waals surface area contributed by atoms with Crippen LogP contribution in [0.2, 0.25) is 0 Å². The highest BCUT2D eigenvalue weighted by atomic mass is 15.0. The van der Waals surface area contributed by atoms with Gasteiger partial charge in [-0.15, -0.1) is 0 Å². The molecular formula is C18H15N3. The topological polar surface area (TPSA) is 43.8 Å². The third-order valence-corrected chi connectivity index (χ3v) is 3.84. The molecule has 2 heterocycles. The first-order valence-corrected chi connectivity index (χ1v) is 6.99. The Balaban J connectivity index is 1.77. The summed E-state index contributed by atoms with van der Waals surface area (Å²) in [5.74, 6) is 0. The van der Waals surface area contributed by atoms with Gasteiger partial charge in [0.1, 0.15) is 0 Å². The number of benzene rings is 2. The minimum absolute atomic E-state index is 0.748. The van der Waals surface area contributed by atoms with Crippen molar-refractivity contribution in [2.24, 2.45) is 0 Å². The number of para-hydroxylation sites is 1. The summed E-state index contributed by atoms with van der Waals surface area (Å²) in [6, 6.07) is 20.5. The minimum atomic E-state index is 0.748. The van der Waals surface area contributed by atoms with Crippen molar-refractivity contribution >= 4 is 27.5 Å². The standard InChI is InChI=1S/C18H15N3/c19-16-5-3-7-18-15(16)10-11-21(18)12-14-9-8-13-4-1-2-6-17(13)20-14/h1-11H,12,19H2. The van der Waals surface area contributed by atoms with Gasteiger partial charge >= 0.3 is 0 Å². The summed E-state index contributed by atoms with van der Waals surface area (Å²) in [5, 5.41) is 2.26. The molecule has 4 aromatic rings. The van der Waals surface area contributed by atoms with Crippen LogP contribution < -0.4 is 5.73 Å². The summed E-state index contributed by atoms with van der Waals surface area (Å²) in [7, 11) is 0. The maximum Gasteiger partial charge on any atom is 0.0706 e. The maximum atomic E-state index is 6.01. The second-order valence-corrected chi connectivity index (χ2v) is 5.22. The summed E-state index contributed by atoms with van der Waals surface area (Å²) in [4.78, 5) is 4.73. The second kappa shape index (κ2) is 4.63. The SMILES string of the molecule is Nc1cccc2c1ccn2Cc1ccc2ccccc2n1. The molecule has 0 atom stereocenters. The van der Waals surface area contributed by atoms with Crippen LogP contribution in [0.3, 0.4) is 0 Å². The third kappa shape index (κ3) is 2.03. The molecule has 0 bridgehead atoms. The zero-order valence-electron chi connectivity index (χ0n) is 11.5. The van der Waals surface area contributed by atoms with Crippen LogP contribution in [0.1, 0.15) is 5.69 Å². The van der Waals surface area contributed by atoms with Crippen molar-refractivity contribution in [2.45, 2.75) is 6.54 Å². The van der Waals surface area contributed by atoms with Gasteiger partial charge in [0.25, 0.3) is 0 Å². The maximum absolute atomic E-state index is 6.01. The van der Waals surface area contributed by atoms with Gasteiger partial charge in [0.2, 0.25) is 0 Å². The van der Waals surface area contributed by atoms with E-state index in [1.54, 1.807) is 0 Å². The number of nitrogens with zero attached hydrogens (tertiary/aromatic N) is 2. The first-order valence-electron chi connectivity index (χ1n) is 6.99. The summed E-state index contributed by atoms with van der Waals surface area (Å²) in [6.07, 6.45) is 2.07. The lowest BCUT2D eigenvalue weighted by atomic mass is 10.2. The van der Waals surface area contributed by atoms with Gasteiger partial charge in [0.15, 0.2) is 0 Å². The zero-order chi connectivity index (χ0) is 14.2. The lowest BCUT2D eigenvalue weighted by molar-refractivity contribution is 0.812. The second-order valence-electron chi connectivity index (χ2n) is 5.22.